The topological polar surface area (TPSA) is 92.2 Å². The lowest BCUT2D eigenvalue weighted by Crippen LogP contribution is -2.50. The van der Waals surface area contributed by atoms with E-state index in [0.29, 0.717) is 18.7 Å². The van der Waals surface area contributed by atoms with Crippen molar-refractivity contribution in [2.45, 2.75) is 26.0 Å². The van der Waals surface area contributed by atoms with Gasteiger partial charge < -0.3 is 24.4 Å². The van der Waals surface area contributed by atoms with Crippen molar-refractivity contribution in [3.05, 3.63) is 59.3 Å². The summed E-state index contributed by atoms with van der Waals surface area (Å²) in [4.78, 5) is 33.4. The van der Waals surface area contributed by atoms with Gasteiger partial charge in [-0.05, 0) is 24.1 Å². The molecule has 1 aromatic carbocycles. The molecule has 1 aliphatic heterocycles. The third kappa shape index (κ3) is 6.21. The number of ether oxygens (including phenoxy) is 2. The molecule has 8 heteroatoms. The molecule has 2 amide bonds. The second kappa shape index (κ2) is 11.8. The Morgan fingerprint density at radius 3 is 2.71 bits per heavy atom. The van der Waals surface area contributed by atoms with E-state index < -0.39 is 6.10 Å². The van der Waals surface area contributed by atoms with E-state index in [2.05, 4.69) is 4.98 Å². The molecule has 0 saturated carbocycles. The Bertz CT molecular complexity index is 1010. The maximum Gasteiger partial charge on any atom is 0.259 e. The number of fused-ring (bicyclic) bond motifs is 1. The molecule has 34 heavy (non-hydrogen) atoms. The lowest BCUT2D eigenvalue weighted by atomic mass is 9.99. The van der Waals surface area contributed by atoms with E-state index in [1.807, 2.05) is 56.3 Å². The molecule has 1 aliphatic rings. The molecule has 0 aliphatic carbocycles. The number of aliphatic hydroxyl groups excluding tert-OH is 1. The van der Waals surface area contributed by atoms with Crippen LogP contribution in [0.3, 0.4) is 0 Å². The van der Waals surface area contributed by atoms with Gasteiger partial charge in [0, 0.05) is 32.8 Å². The molecule has 8 nitrogen and oxygen atoms in total. The number of amides is 2. The van der Waals surface area contributed by atoms with Crippen molar-refractivity contribution in [1.29, 1.82) is 0 Å². The molecule has 1 N–H and O–H groups in total. The fourth-order valence-corrected chi connectivity index (χ4v) is 3.79. The minimum absolute atomic E-state index is 0.0182. The smallest absolute Gasteiger partial charge is 0.259 e. The summed E-state index contributed by atoms with van der Waals surface area (Å²) in [5.41, 5.74) is 2.12. The van der Waals surface area contributed by atoms with Crippen LogP contribution in [-0.4, -0.2) is 84.3 Å². The molecular formula is C26H33N3O5. The van der Waals surface area contributed by atoms with Gasteiger partial charge in [0.05, 0.1) is 19.2 Å². The molecule has 0 fully saturated rings. The Labute approximate surface area is 200 Å². The van der Waals surface area contributed by atoms with Crippen LogP contribution in [0.4, 0.5) is 0 Å². The van der Waals surface area contributed by atoms with E-state index >= 15 is 0 Å². The van der Waals surface area contributed by atoms with Crippen molar-refractivity contribution in [3.8, 4) is 5.88 Å². The molecule has 0 saturated heterocycles. The molecule has 2 heterocycles. The Kier molecular flexibility index (Phi) is 8.79. The summed E-state index contributed by atoms with van der Waals surface area (Å²) >= 11 is 0. The Morgan fingerprint density at radius 1 is 1.32 bits per heavy atom. The normalized spacial score (nSPS) is 19.2. The number of hydrogen-bond donors (Lipinski definition) is 1. The van der Waals surface area contributed by atoms with E-state index in [1.54, 1.807) is 29.1 Å². The van der Waals surface area contributed by atoms with E-state index in [-0.39, 0.29) is 42.9 Å². The number of aromatic nitrogens is 1. The van der Waals surface area contributed by atoms with Crippen LogP contribution >= 0.6 is 0 Å². The number of aliphatic hydroxyl groups is 1. The fourth-order valence-electron chi connectivity index (χ4n) is 3.79. The first-order valence-electron chi connectivity index (χ1n) is 11.4. The Morgan fingerprint density at radius 2 is 2.03 bits per heavy atom. The number of carbonyl (C=O) groups excluding carboxylic acids is 2. The van der Waals surface area contributed by atoms with Crippen molar-refractivity contribution in [1.82, 2.24) is 14.8 Å². The van der Waals surface area contributed by atoms with Gasteiger partial charge in [-0.1, -0.05) is 49.4 Å². The van der Waals surface area contributed by atoms with Gasteiger partial charge in [-0.2, -0.15) is 0 Å². The number of hydrogen-bond acceptors (Lipinski definition) is 6. The molecule has 2 aromatic rings. The van der Waals surface area contributed by atoms with Crippen molar-refractivity contribution in [3.63, 3.8) is 0 Å². The minimum Gasteiger partial charge on any atom is -0.472 e. The summed E-state index contributed by atoms with van der Waals surface area (Å²) in [7, 11) is 3.17. The second-order valence-electron chi connectivity index (χ2n) is 8.70. The van der Waals surface area contributed by atoms with Gasteiger partial charge in [0.15, 0.2) is 0 Å². The first kappa shape index (κ1) is 25.4. The number of carbonyl (C=O) groups is 2. The van der Waals surface area contributed by atoms with Gasteiger partial charge in [-0.3, -0.25) is 9.59 Å². The first-order valence-corrected chi connectivity index (χ1v) is 11.4. The van der Waals surface area contributed by atoms with E-state index in [1.165, 1.54) is 7.11 Å². The van der Waals surface area contributed by atoms with Crippen molar-refractivity contribution < 1.29 is 24.2 Å². The third-order valence-corrected chi connectivity index (χ3v) is 5.96. The van der Waals surface area contributed by atoms with E-state index in [9.17, 15) is 14.7 Å². The van der Waals surface area contributed by atoms with Crippen LogP contribution in [0, 0.1) is 5.92 Å². The van der Waals surface area contributed by atoms with Crippen LogP contribution < -0.4 is 4.74 Å². The lowest BCUT2D eigenvalue weighted by Gasteiger charge is -2.37. The zero-order valence-electron chi connectivity index (χ0n) is 20.2. The van der Waals surface area contributed by atoms with Crippen molar-refractivity contribution in [2.75, 3.05) is 40.5 Å². The SMILES string of the molecule is COCC(=O)N(C)C[C@@H]1Oc2ncc(/C=C/c3ccccc3)cc2C(=O)N([C@H](C)CO)C[C@@H]1C. The van der Waals surface area contributed by atoms with Crippen molar-refractivity contribution in [2.24, 2.45) is 5.92 Å². The van der Waals surface area contributed by atoms with Crippen LogP contribution in [0.5, 0.6) is 5.88 Å². The molecule has 3 rings (SSSR count). The molecule has 0 spiro atoms. The number of likely N-dealkylation sites (N-methyl/N-ethyl adjacent to an activating group) is 1. The molecule has 1 aromatic heterocycles. The molecule has 182 valence electrons. The lowest BCUT2D eigenvalue weighted by molar-refractivity contribution is -0.135. The fraction of sp³-hybridized carbons (Fsp3) is 0.423. The number of nitrogens with zero attached hydrogens (tertiary/aromatic N) is 3. The quantitative estimate of drug-likeness (QED) is 0.642. The molecule has 0 bridgehead atoms. The zero-order valence-corrected chi connectivity index (χ0v) is 20.2. The monoisotopic (exact) mass is 467 g/mol. The molecule has 0 radical (unpaired) electrons. The van der Waals surface area contributed by atoms with Gasteiger partial charge in [-0.15, -0.1) is 0 Å². The number of benzene rings is 1. The molecular weight excluding hydrogens is 434 g/mol. The van der Waals surface area contributed by atoms with Crippen LogP contribution in [0.2, 0.25) is 0 Å². The predicted molar refractivity (Wildman–Crippen MR) is 130 cm³/mol. The van der Waals surface area contributed by atoms with E-state index in [0.717, 1.165) is 11.1 Å². The number of methoxy groups -OCH3 is 1. The highest BCUT2D eigenvalue weighted by atomic mass is 16.5. The van der Waals surface area contributed by atoms with Crippen molar-refractivity contribution >= 4 is 24.0 Å². The highest BCUT2D eigenvalue weighted by Crippen LogP contribution is 2.28. The standard InChI is InChI=1S/C26H33N3O5/c1-18-14-29(19(2)16-30)26(32)22-12-21(11-10-20-8-6-5-7-9-20)13-27-25(22)34-23(18)15-28(3)24(31)17-33-4/h5-13,18-19,23,30H,14-17H2,1-4H3/b11-10+/t18-,19+,23-/m0/s1. The van der Waals surface area contributed by atoms with Crippen LogP contribution in [0.1, 0.15) is 35.3 Å². The third-order valence-electron chi connectivity index (χ3n) is 5.96. The van der Waals surface area contributed by atoms with Gasteiger partial charge in [0.2, 0.25) is 11.8 Å². The predicted octanol–water partition coefficient (Wildman–Crippen LogP) is 2.58. The van der Waals surface area contributed by atoms with Gasteiger partial charge in [0.25, 0.3) is 5.91 Å². The summed E-state index contributed by atoms with van der Waals surface area (Å²) in [6.45, 7) is 4.28. The van der Waals surface area contributed by atoms with E-state index in [4.69, 9.17) is 9.47 Å². The zero-order chi connectivity index (χ0) is 24.7. The first-order chi connectivity index (χ1) is 16.3. The largest absolute Gasteiger partial charge is 0.472 e. The van der Waals surface area contributed by atoms with Crippen LogP contribution in [0.25, 0.3) is 12.2 Å². The number of pyridine rings is 1. The highest BCUT2D eigenvalue weighted by molar-refractivity contribution is 5.97. The van der Waals surface area contributed by atoms with Gasteiger partial charge in [-0.25, -0.2) is 4.98 Å². The second-order valence-corrected chi connectivity index (χ2v) is 8.70. The Balaban J connectivity index is 1.94. The maximum atomic E-state index is 13.5. The average molecular weight is 468 g/mol. The highest BCUT2D eigenvalue weighted by Gasteiger charge is 2.34. The average Bonchev–Trinajstić information content (AvgIpc) is 2.85. The maximum absolute atomic E-state index is 13.5. The van der Waals surface area contributed by atoms with Gasteiger partial charge >= 0.3 is 0 Å². The van der Waals surface area contributed by atoms with Crippen LogP contribution in [-0.2, 0) is 9.53 Å². The number of rotatable bonds is 8. The van der Waals surface area contributed by atoms with Gasteiger partial charge in [0.1, 0.15) is 18.3 Å². The van der Waals surface area contributed by atoms with Crippen LogP contribution in [0.15, 0.2) is 42.6 Å². The summed E-state index contributed by atoms with van der Waals surface area (Å²) in [5, 5.41) is 9.79. The molecule has 0 unspecified atom stereocenters. The summed E-state index contributed by atoms with van der Waals surface area (Å²) in [6, 6.07) is 11.2. The summed E-state index contributed by atoms with van der Waals surface area (Å²) in [5.74, 6) is -0.288. The summed E-state index contributed by atoms with van der Waals surface area (Å²) < 4.78 is 11.2. The Hall–Kier alpha value is -3.23. The molecule has 3 atom stereocenters. The summed E-state index contributed by atoms with van der Waals surface area (Å²) in [6.07, 6.45) is 5.11. The minimum atomic E-state index is -0.399.